The summed E-state index contributed by atoms with van der Waals surface area (Å²) < 4.78 is 5.14. The molecule has 1 aromatic carbocycles. The Morgan fingerprint density at radius 1 is 1.29 bits per heavy atom. The molecule has 2 heterocycles. The predicted octanol–water partition coefficient (Wildman–Crippen LogP) is 2.93. The van der Waals surface area contributed by atoms with Crippen molar-refractivity contribution in [3.63, 3.8) is 0 Å². The topological polar surface area (TPSA) is 59.5 Å². The average Bonchev–Trinajstić information content (AvgIpc) is 2.99. The first-order valence-corrected chi connectivity index (χ1v) is 8.36. The molecule has 24 heavy (non-hydrogen) atoms. The number of benzene rings is 1. The Balaban J connectivity index is 1.79. The summed E-state index contributed by atoms with van der Waals surface area (Å²) in [7, 11) is 0. The molecule has 5 heteroatoms. The highest BCUT2D eigenvalue weighted by Gasteiger charge is 2.33. The predicted molar refractivity (Wildman–Crippen MR) is 91.1 cm³/mol. The van der Waals surface area contributed by atoms with E-state index in [0.717, 1.165) is 16.6 Å². The van der Waals surface area contributed by atoms with E-state index in [1.165, 1.54) is 0 Å². The summed E-state index contributed by atoms with van der Waals surface area (Å²) in [5.74, 6) is -0.0855. The maximum absolute atomic E-state index is 12.7. The number of rotatable bonds is 5. The Morgan fingerprint density at radius 2 is 2.08 bits per heavy atom. The molecule has 1 atom stereocenters. The number of hydrogen-bond donors (Lipinski definition) is 0. The molecule has 0 N–H and O–H groups in total. The van der Waals surface area contributed by atoms with Crippen LogP contribution in [0.4, 0.5) is 0 Å². The molecule has 126 valence electrons. The molecule has 0 unspecified atom stereocenters. The van der Waals surface area contributed by atoms with E-state index in [9.17, 15) is 9.59 Å². The Hall–Kier alpha value is -2.43. The number of amides is 1. The van der Waals surface area contributed by atoms with Crippen LogP contribution in [0.1, 0.15) is 32.4 Å². The molecule has 2 aromatic rings. The first-order chi connectivity index (χ1) is 11.5. The van der Waals surface area contributed by atoms with Crippen molar-refractivity contribution in [2.75, 3.05) is 6.54 Å². The maximum atomic E-state index is 12.7. The highest BCUT2D eigenvalue weighted by Crippen LogP contribution is 2.19. The molecule has 1 fully saturated rings. The third-order valence-electron chi connectivity index (χ3n) is 4.07. The van der Waals surface area contributed by atoms with Crippen LogP contribution in [0.3, 0.4) is 0 Å². The minimum atomic E-state index is -0.642. The number of cyclic esters (lactones) is 1. The van der Waals surface area contributed by atoms with E-state index in [1.54, 1.807) is 4.90 Å². The van der Waals surface area contributed by atoms with Crippen LogP contribution in [0.2, 0.25) is 0 Å². The summed E-state index contributed by atoms with van der Waals surface area (Å²) in [5, 5.41) is 1.08. The van der Waals surface area contributed by atoms with Gasteiger partial charge in [0.2, 0.25) is 0 Å². The van der Waals surface area contributed by atoms with Crippen LogP contribution in [-0.2, 0) is 20.9 Å². The van der Waals surface area contributed by atoms with Gasteiger partial charge in [-0.15, -0.1) is 0 Å². The molecular weight excluding hydrogens is 304 g/mol. The van der Waals surface area contributed by atoms with E-state index >= 15 is 0 Å². The summed E-state index contributed by atoms with van der Waals surface area (Å²) in [6.45, 7) is 5.17. The number of ether oxygens (including phenoxy) is 1. The lowest BCUT2D eigenvalue weighted by atomic mass is 10.1. The Labute approximate surface area is 141 Å². The molecule has 5 nitrogen and oxygen atoms in total. The number of nitrogens with zero attached hydrogens (tertiary/aromatic N) is 2. The SMILES string of the molecule is CC(C)CN(Cc1ccc2ccccc2n1)C(=O)[C@H]1CCC(=O)O1. The van der Waals surface area contributed by atoms with Crippen molar-refractivity contribution in [2.24, 2.45) is 5.92 Å². The number of esters is 1. The quantitative estimate of drug-likeness (QED) is 0.793. The number of carbonyl (C=O) groups is 2. The van der Waals surface area contributed by atoms with Crippen LogP contribution in [0, 0.1) is 5.92 Å². The fraction of sp³-hybridized carbons (Fsp3) is 0.421. The molecular formula is C19H22N2O3. The molecule has 3 rings (SSSR count). The third kappa shape index (κ3) is 3.72. The van der Waals surface area contributed by atoms with Crippen molar-refractivity contribution in [1.82, 2.24) is 9.88 Å². The molecule has 1 aliphatic rings. The molecule has 0 aliphatic carbocycles. The van der Waals surface area contributed by atoms with E-state index in [0.29, 0.717) is 31.8 Å². The highest BCUT2D eigenvalue weighted by atomic mass is 16.6. The molecule has 1 saturated heterocycles. The fourth-order valence-electron chi connectivity index (χ4n) is 2.97. The lowest BCUT2D eigenvalue weighted by molar-refractivity contribution is -0.153. The Bertz CT molecular complexity index is 757. The third-order valence-corrected chi connectivity index (χ3v) is 4.07. The van der Waals surface area contributed by atoms with E-state index < -0.39 is 6.10 Å². The standard InChI is InChI=1S/C19H22N2O3/c1-13(2)11-21(19(23)17-9-10-18(22)24-17)12-15-8-7-14-5-3-4-6-16(14)20-15/h3-8,13,17H,9-12H2,1-2H3/t17-/m1/s1. The molecule has 0 radical (unpaired) electrons. The summed E-state index contributed by atoms with van der Waals surface area (Å²) in [5.41, 5.74) is 1.76. The van der Waals surface area contributed by atoms with Crippen LogP contribution in [-0.4, -0.2) is 34.4 Å². The zero-order valence-electron chi connectivity index (χ0n) is 14.1. The minimum Gasteiger partial charge on any atom is -0.452 e. The second kappa shape index (κ2) is 6.99. The van der Waals surface area contributed by atoms with Crippen LogP contribution in [0.25, 0.3) is 10.9 Å². The first-order valence-electron chi connectivity index (χ1n) is 8.36. The van der Waals surface area contributed by atoms with Crippen molar-refractivity contribution in [3.8, 4) is 0 Å². The zero-order chi connectivity index (χ0) is 17.1. The average molecular weight is 326 g/mol. The van der Waals surface area contributed by atoms with Crippen molar-refractivity contribution >= 4 is 22.8 Å². The van der Waals surface area contributed by atoms with Gasteiger partial charge in [-0.1, -0.05) is 38.1 Å². The van der Waals surface area contributed by atoms with Crippen molar-refractivity contribution in [1.29, 1.82) is 0 Å². The van der Waals surface area contributed by atoms with Crippen LogP contribution in [0.15, 0.2) is 36.4 Å². The van der Waals surface area contributed by atoms with E-state index in [-0.39, 0.29) is 11.9 Å². The van der Waals surface area contributed by atoms with E-state index in [1.807, 2.05) is 36.4 Å². The van der Waals surface area contributed by atoms with Crippen molar-refractivity contribution in [2.45, 2.75) is 39.3 Å². The van der Waals surface area contributed by atoms with Crippen LogP contribution >= 0.6 is 0 Å². The summed E-state index contributed by atoms with van der Waals surface area (Å²) in [4.78, 5) is 30.4. The van der Waals surface area contributed by atoms with E-state index in [4.69, 9.17) is 4.74 Å². The van der Waals surface area contributed by atoms with Gasteiger partial charge in [0.1, 0.15) is 0 Å². The Kier molecular flexibility index (Phi) is 4.79. The largest absolute Gasteiger partial charge is 0.452 e. The molecule has 0 saturated carbocycles. The molecule has 0 bridgehead atoms. The van der Waals surface area contributed by atoms with Gasteiger partial charge < -0.3 is 9.64 Å². The zero-order valence-corrected chi connectivity index (χ0v) is 14.1. The summed E-state index contributed by atoms with van der Waals surface area (Å²) >= 11 is 0. The monoisotopic (exact) mass is 326 g/mol. The van der Waals surface area contributed by atoms with Gasteiger partial charge in [-0.3, -0.25) is 14.6 Å². The van der Waals surface area contributed by atoms with Gasteiger partial charge in [0, 0.05) is 24.8 Å². The number of carbonyl (C=O) groups excluding carboxylic acids is 2. The van der Waals surface area contributed by atoms with Gasteiger partial charge in [-0.2, -0.15) is 0 Å². The maximum Gasteiger partial charge on any atom is 0.306 e. The first kappa shape index (κ1) is 16.4. The number of fused-ring (bicyclic) bond motifs is 1. The van der Waals surface area contributed by atoms with E-state index in [2.05, 4.69) is 18.8 Å². The van der Waals surface area contributed by atoms with Crippen molar-refractivity contribution < 1.29 is 14.3 Å². The fourth-order valence-corrected chi connectivity index (χ4v) is 2.97. The number of pyridine rings is 1. The van der Waals surface area contributed by atoms with Gasteiger partial charge >= 0.3 is 5.97 Å². The van der Waals surface area contributed by atoms with Gasteiger partial charge in [0.15, 0.2) is 6.10 Å². The smallest absolute Gasteiger partial charge is 0.306 e. The van der Waals surface area contributed by atoms with Crippen molar-refractivity contribution in [3.05, 3.63) is 42.1 Å². The second-order valence-corrected chi connectivity index (χ2v) is 6.63. The second-order valence-electron chi connectivity index (χ2n) is 6.63. The summed E-state index contributed by atoms with van der Waals surface area (Å²) in [6.07, 6.45) is 0.147. The summed E-state index contributed by atoms with van der Waals surface area (Å²) in [6, 6.07) is 11.9. The van der Waals surface area contributed by atoms with Gasteiger partial charge in [-0.25, -0.2) is 0 Å². The molecule has 1 aliphatic heterocycles. The number of hydrogen-bond acceptors (Lipinski definition) is 4. The van der Waals surface area contributed by atoms with Gasteiger partial charge in [0.25, 0.3) is 5.91 Å². The van der Waals surface area contributed by atoms with Gasteiger partial charge in [0.05, 0.1) is 17.8 Å². The van der Waals surface area contributed by atoms with Gasteiger partial charge in [-0.05, 0) is 18.1 Å². The van der Waals surface area contributed by atoms with Crippen LogP contribution < -0.4 is 0 Å². The minimum absolute atomic E-state index is 0.121. The lowest BCUT2D eigenvalue weighted by Crippen LogP contribution is -2.40. The lowest BCUT2D eigenvalue weighted by Gasteiger charge is -2.26. The molecule has 0 spiro atoms. The molecule has 1 amide bonds. The molecule has 1 aromatic heterocycles. The highest BCUT2D eigenvalue weighted by molar-refractivity contribution is 5.86. The number of aromatic nitrogens is 1. The van der Waals surface area contributed by atoms with Crippen LogP contribution in [0.5, 0.6) is 0 Å². The Morgan fingerprint density at radius 3 is 2.79 bits per heavy atom. The normalized spacial score (nSPS) is 17.3. The number of para-hydroxylation sites is 1.